The third-order valence-electron chi connectivity index (χ3n) is 2.75. The summed E-state index contributed by atoms with van der Waals surface area (Å²) in [6.45, 7) is 5.36. The third kappa shape index (κ3) is 2.88. The largest absolute Gasteiger partial charge is 0.506 e. The molecule has 0 radical (unpaired) electrons. The van der Waals surface area contributed by atoms with Gasteiger partial charge >= 0.3 is 0 Å². The minimum Gasteiger partial charge on any atom is -0.506 e. The lowest BCUT2D eigenvalue weighted by atomic mass is 10.1. The van der Waals surface area contributed by atoms with E-state index in [-0.39, 0.29) is 11.7 Å². The second-order valence-corrected chi connectivity index (χ2v) is 4.46. The number of nitrogens with one attached hydrogen (secondary N) is 1. The van der Waals surface area contributed by atoms with Crippen LogP contribution in [0.15, 0.2) is 24.3 Å². The average molecular weight is 257 g/mol. The van der Waals surface area contributed by atoms with E-state index in [1.807, 2.05) is 13.0 Å². The molecule has 1 heterocycles. The van der Waals surface area contributed by atoms with Gasteiger partial charge in [0.25, 0.3) is 5.91 Å². The van der Waals surface area contributed by atoms with Gasteiger partial charge in [0, 0.05) is 0 Å². The first-order valence-electron chi connectivity index (χ1n) is 5.89. The highest BCUT2D eigenvalue weighted by Gasteiger charge is 2.13. The molecule has 2 N–H and O–H groups in total. The number of carbonyl (C=O) groups is 1. The van der Waals surface area contributed by atoms with Crippen molar-refractivity contribution < 1.29 is 9.90 Å². The number of phenols is 1. The highest BCUT2D eigenvalue weighted by Crippen LogP contribution is 2.24. The van der Waals surface area contributed by atoms with Crippen LogP contribution in [0, 0.1) is 20.8 Å². The molecule has 0 saturated carbocycles. The van der Waals surface area contributed by atoms with Gasteiger partial charge < -0.3 is 10.4 Å². The van der Waals surface area contributed by atoms with Crippen LogP contribution in [0.2, 0.25) is 0 Å². The van der Waals surface area contributed by atoms with Crippen LogP contribution < -0.4 is 5.32 Å². The number of hydrogen-bond acceptors (Lipinski definition) is 4. The fraction of sp³-hybridized carbons (Fsp3) is 0.214. The molecule has 2 rings (SSSR count). The Morgan fingerprint density at radius 2 is 1.89 bits per heavy atom. The third-order valence-corrected chi connectivity index (χ3v) is 2.75. The second-order valence-electron chi connectivity index (χ2n) is 4.46. The van der Waals surface area contributed by atoms with Gasteiger partial charge in [-0.05, 0) is 44.5 Å². The van der Waals surface area contributed by atoms with Gasteiger partial charge in [0.05, 0.1) is 22.6 Å². The van der Waals surface area contributed by atoms with Gasteiger partial charge in [-0.25, -0.2) is 0 Å². The van der Waals surface area contributed by atoms with Gasteiger partial charge in [-0.15, -0.1) is 0 Å². The SMILES string of the molecule is Cc1ccc(NC(=O)c2cc(C)nnc2C)c(O)c1. The Labute approximate surface area is 111 Å². The van der Waals surface area contributed by atoms with Gasteiger partial charge in [0.1, 0.15) is 5.75 Å². The number of hydrogen-bond donors (Lipinski definition) is 2. The van der Waals surface area contributed by atoms with Crippen LogP contribution in [0.3, 0.4) is 0 Å². The highest BCUT2D eigenvalue weighted by atomic mass is 16.3. The Morgan fingerprint density at radius 3 is 2.58 bits per heavy atom. The summed E-state index contributed by atoms with van der Waals surface area (Å²) in [5.41, 5.74) is 2.98. The number of aryl methyl sites for hydroxylation is 3. The van der Waals surface area contributed by atoms with E-state index in [1.54, 1.807) is 32.0 Å². The minimum absolute atomic E-state index is 0.0461. The fourth-order valence-electron chi connectivity index (χ4n) is 1.72. The summed E-state index contributed by atoms with van der Waals surface area (Å²) in [6.07, 6.45) is 0. The van der Waals surface area contributed by atoms with Crippen molar-refractivity contribution >= 4 is 11.6 Å². The summed E-state index contributed by atoms with van der Waals surface area (Å²) in [7, 11) is 0. The van der Waals surface area contributed by atoms with Gasteiger partial charge in [-0.1, -0.05) is 6.07 Å². The van der Waals surface area contributed by atoms with E-state index in [9.17, 15) is 9.90 Å². The van der Waals surface area contributed by atoms with Crippen molar-refractivity contribution in [1.29, 1.82) is 0 Å². The number of aromatic hydroxyl groups is 1. The van der Waals surface area contributed by atoms with Crippen molar-refractivity contribution in [2.75, 3.05) is 5.32 Å². The lowest BCUT2D eigenvalue weighted by molar-refractivity contribution is 0.102. The molecule has 1 aromatic heterocycles. The number of phenolic OH excluding ortho intramolecular Hbond substituents is 1. The molecule has 0 aliphatic carbocycles. The number of amides is 1. The Kier molecular flexibility index (Phi) is 3.46. The maximum absolute atomic E-state index is 12.1. The Balaban J connectivity index is 2.28. The van der Waals surface area contributed by atoms with Crippen LogP contribution in [0.5, 0.6) is 5.75 Å². The van der Waals surface area contributed by atoms with Crippen LogP contribution in [-0.2, 0) is 0 Å². The van der Waals surface area contributed by atoms with Crippen LogP contribution in [-0.4, -0.2) is 21.2 Å². The number of nitrogens with zero attached hydrogens (tertiary/aromatic N) is 2. The number of carbonyl (C=O) groups excluding carboxylic acids is 1. The first-order valence-corrected chi connectivity index (χ1v) is 5.89. The maximum Gasteiger partial charge on any atom is 0.257 e. The predicted octanol–water partition coefficient (Wildman–Crippen LogP) is 2.36. The first-order chi connectivity index (χ1) is 8.97. The number of rotatable bonds is 2. The molecule has 0 bridgehead atoms. The van der Waals surface area contributed by atoms with Crippen molar-refractivity contribution in [3.8, 4) is 5.75 Å². The summed E-state index contributed by atoms with van der Waals surface area (Å²) in [6, 6.07) is 6.75. The maximum atomic E-state index is 12.1. The summed E-state index contributed by atoms with van der Waals surface area (Å²) in [5.74, 6) is -0.264. The molecule has 0 aliphatic heterocycles. The molecule has 0 fully saturated rings. The molecule has 2 aromatic rings. The zero-order valence-corrected chi connectivity index (χ0v) is 11.1. The summed E-state index contributed by atoms with van der Waals surface area (Å²) in [4.78, 5) is 12.1. The van der Waals surface area contributed by atoms with Crippen LogP contribution >= 0.6 is 0 Å². The minimum atomic E-state index is -0.311. The molecule has 5 nitrogen and oxygen atoms in total. The monoisotopic (exact) mass is 257 g/mol. The van der Waals surface area contributed by atoms with E-state index >= 15 is 0 Å². The van der Waals surface area contributed by atoms with Gasteiger partial charge in [0.2, 0.25) is 0 Å². The Morgan fingerprint density at radius 1 is 1.16 bits per heavy atom. The van der Waals surface area contributed by atoms with E-state index in [4.69, 9.17) is 0 Å². The van der Waals surface area contributed by atoms with E-state index in [1.165, 1.54) is 0 Å². The van der Waals surface area contributed by atoms with E-state index in [0.717, 1.165) is 5.56 Å². The molecular formula is C14H15N3O2. The molecule has 0 aliphatic rings. The van der Waals surface area contributed by atoms with Crippen molar-refractivity contribution in [1.82, 2.24) is 10.2 Å². The molecule has 0 unspecified atom stereocenters. The number of aromatic nitrogens is 2. The van der Waals surface area contributed by atoms with Crippen molar-refractivity contribution in [3.05, 3.63) is 46.8 Å². The molecule has 0 atom stereocenters. The topological polar surface area (TPSA) is 75.1 Å². The van der Waals surface area contributed by atoms with Crippen molar-refractivity contribution in [2.24, 2.45) is 0 Å². The van der Waals surface area contributed by atoms with Crippen LogP contribution in [0.1, 0.15) is 27.3 Å². The average Bonchev–Trinajstić information content (AvgIpc) is 2.35. The predicted molar refractivity (Wildman–Crippen MR) is 72.3 cm³/mol. The van der Waals surface area contributed by atoms with Gasteiger partial charge in [-0.2, -0.15) is 10.2 Å². The lowest BCUT2D eigenvalue weighted by Crippen LogP contribution is -2.15. The molecule has 98 valence electrons. The Bertz CT molecular complexity index is 639. The zero-order chi connectivity index (χ0) is 14.0. The molecule has 1 aromatic carbocycles. The zero-order valence-electron chi connectivity index (χ0n) is 11.1. The molecule has 1 amide bonds. The molecular weight excluding hydrogens is 242 g/mol. The van der Waals surface area contributed by atoms with Crippen molar-refractivity contribution in [2.45, 2.75) is 20.8 Å². The summed E-state index contributed by atoms with van der Waals surface area (Å²) >= 11 is 0. The van der Waals surface area contributed by atoms with Gasteiger partial charge in [-0.3, -0.25) is 4.79 Å². The van der Waals surface area contributed by atoms with Crippen molar-refractivity contribution in [3.63, 3.8) is 0 Å². The van der Waals surface area contributed by atoms with Gasteiger partial charge in [0.15, 0.2) is 0 Å². The number of anilines is 1. The standard InChI is InChI=1S/C14H15N3O2/c1-8-4-5-12(13(18)6-8)15-14(19)11-7-9(2)16-17-10(11)3/h4-7,18H,1-3H3,(H,15,19). The molecule has 19 heavy (non-hydrogen) atoms. The van der Waals surface area contributed by atoms with E-state index in [0.29, 0.717) is 22.6 Å². The normalized spacial score (nSPS) is 10.3. The van der Waals surface area contributed by atoms with Crippen LogP contribution in [0.25, 0.3) is 0 Å². The molecule has 0 saturated heterocycles. The van der Waals surface area contributed by atoms with Crippen LogP contribution in [0.4, 0.5) is 5.69 Å². The lowest BCUT2D eigenvalue weighted by Gasteiger charge is -2.09. The Hall–Kier alpha value is -2.43. The first kappa shape index (κ1) is 13.0. The molecule has 0 spiro atoms. The highest BCUT2D eigenvalue weighted by molar-refractivity contribution is 6.05. The summed E-state index contributed by atoms with van der Waals surface area (Å²) < 4.78 is 0. The second kappa shape index (κ2) is 5.06. The van der Waals surface area contributed by atoms with E-state index in [2.05, 4.69) is 15.5 Å². The smallest absolute Gasteiger partial charge is 0.257 e. The summed E-state index contributed by atoms with van der Waals surface area (Å²) in [5, 5.41) is 20.2. The van der Waals surface area contributed by atoms with E-state index < -0.39 is 0 Å². The molecule has 5 heteroatoms. The quantitative estimate of drug-likeness (QED) is 0.810. The number of benzene rings is 1. The fourth-order valence-corrected chi connectivity index (χ4v) is 1.72.